The Morgan fingerprint density at radius 2 is 2.07 bits per heavy atom. The molecule has 80 valence electrons. The lowest BCUT2D eigenvalue weighted by Gasteiger charge is -2.17. The maximum Gasteiger partial charge on any atom is 0.0521 e. The molecule has 1 aromatic rings. The van der Waals surface area contributed by atoms with Crippen LogP contribution in [0.25, 0.3) is 0 Å². The van der Waals surface area contributed by atoms with Crippen LogP contribution in [-0.4, -0.2) is 9.78 Å². The van der Waals surface area contributed by atoms with Crippen molar-refractivity contribution < 1.29 is 0 Å². The van der Waals surface area contributed by atoms with Crippen LogP contribution < -0.4 is 0 Å². The van der Waals surface area contributed by atoms with E-state index in [0.717, 1.165) is 13.0 Å². The highest BCUT2D eigenvalue weighted by Gasteiger charge is 2.09. The molecule has 0 bridgehead atoms. The summed E-state index contributed by atoms with van der Waals surface area (Å²) in [5.41, 5.74) is 1.78. The Kier molecular flexibility index (Phi) is 3.73. The lowest BCUT2D eigenvalue weighted by Crippen LogP contribution is -2.07. The SMILES string of the molecule is CCc1cnn(CCCC(C)(C)C)c1. The van der Waals surface area contributed by atoms with Gasteiger partial charge in [-0.3, -0.25) is 4.68 Å². The first kappa shape index (κ1) is 11.3. The fourth-order valence-corrected chi connectivity index (χ4v) is 1.48. The predicted molar refractivity (Wildman–Crippen MR) is 60.3 cm³/mol. The van der Waals surface area contributed by atoms with Gasteiger partial charge in [-0.2, -0.15) is 5.10 Å². The zero-order valence-electron chi connectivity index (χ0n) is 9.88. The summed E-state index contributed by atoms with van der Waals surface area (Å²) in [7, 11) is 0. The van der Waals surface area contributed by atoms with Crippen molar-refractivity contribution in [1.82, 2.24) is 9.78 Å². The van der Waals surface area contributed by atoms with E-state index in [4.69, 9.17) is 0 Å². The first-order valence-corrected chi connectivity index (χ1v) is 5.52. The lowest BCUT2D eigenvalue weighted by atomic mass is 9.91. The molecule has 0 aliphatic rings. The van der Waals surface area contributed by atoms with Crippen molar-refractivity contribution >= 4 is 0 Å². The minimum atomic E-state index is 0.445. The van der Waals surface area contributed by atoms with Gasteiger partial charge >= 0.3 is 0 Å². The second-order valence-corrected chi connectivity index (χ2v) is 5.13. The van der Waals surface area contributed by atoms with Crippen LogP contribution in [0, 0.1) is 5.41 Å². The second kappa shape index (κ2) is 4.63. The van der Waals surface area contributed by atoms with Crippen LogP contribution in [0.5, 0.6) is 0 Å². The molecule has 0 saturated carbocycles. The summed E-state index contributed by atoms with van der Waals surface area (Å²) >= 11 is 0. The molecule has 0 spiro atoms. The number of aromatic nitrogens is 2. The monoisotopic (exact) mass is 194 g/mol. The largest absolute Gasteiger partial charge is 0.272 e. The van der Waals surface area contributed by atoms with Crippen molar-refractivity contribution in [3.8, 4) is 0 Å². The first-order chi connectivity index (χ1) is 6.51. The number of hydrogen-bond donors (Lipinski definition) is 0. The molecule has 14 heavy (non-hydrogen) atoms. The van der Waals surface area contributed by atoms with Crippen LogP contribution in [0.1, 0.15) is 46.1 Å². The van der Waals surface area contributed by atoms with Crippen LogP contribution in [-0.2, 0) is 13.0 Å². The maximum absolute atomic E-state index is 4.32. The number of rotatable bonds is 4. The van der Waals surface area contributed by atoms with Gasteiger partial charge in [0.25, 0.3) is 0 Å². The van der Waals surface area contributed by atoms with Crippen molar-refractivity contribution in [1.29, 1.82) is 0 Å². The van der Waals surface area contributed by atoms with Crippen molar-refractivity contribution in [2.24, 2.45) is 5.41 Å². The third kappa shape index (κ3) is 3.95. The van der Waals surface area contributed by atoms with Crippen molar-refractivity contribution in [2.45, 2.75) is 53.5 Å². The maximum atomic E-state index is 4.32. The minimum absolute atomic E-state index is 0.445. The molecular formula is C12H22N2. The van der Waals surface area contributed by atoms with Gasteiger partial charge in [0.1, 0.15) is 0 Å². The summed E-state index contributed by atoms with van der Waals surface area (Å²) in [5, 5.41) is 4.32. The van der Waals surface area contributed by atoms with Gasteiger partial charge in [0.15, 0.2) is 0 Å². The van der Waals surface area contributed by atoms with Crippen molar-refractivity contribution in [3.05, 3.63) is 18.0 Å². The Hall–Kier alpha value is -0.790. The quantitative estimate of drug-likeness (QED) is 0.719. The van der Waals surface area contributed by atoms with Gasteiger partial charge in [-0.05, 0) is 30.2 Å². The van der Waals surface area contributed by atoms with E-state index in [2.05, 4.69) is 43.7 Å². The van der Waals surface area contributed by atoms with Crippen LogP contribution >= 0.6 is 0 Å². The minimum Gasteiger partial charge on any atom is -0.272 e. The van der Waals surface area contributed by atoms with Crippen LogP contribution in [0.2, 0.25) is 0 Å². The van der Waals surface area contributed by atoms with E-state index in [0.29, 0.717) is 5.41 Å². The molecule has 0 aromatic carbocycles. The van der Waals surface area contributed by atoms with Gasteiger partial charge in [0, 0.05) is 12.7 Å². The first-order valence-electron chi connectivity index (χ1n) is 5.52. The highest BCUT2D eigenvalue weighted by atomic mass is 15.3. The van der Waals surface area contributed by atoms with E-state index >= 15 is 0 Å². The zero-order chi connectivity index (χ0) is 10.6. The molecule has 2 nitrogen and oxygen atoms in total. The van der Waals surface area contributed by atoms with E-state index < -0.39 is 0 Å². The zero-order valence-corrected chi connectivity index (χ0v) is 9.88. The molecule has 0 N–H and O–H groups in total. The molecule has 0 amide bonds. The molecule has 1 aromatic heterocycles. The number of hydrogen-bond acceptors (Lipinski definition) is 1. The average Bonchev–Trinajstić information content (AvgIpc) is 2.50. The summed E-state index contributed by atoms with van der Waals surface area (Å²) in [6.45, 7) is 10.1. The standard InChI is InChI=1S/C12H22N2/c1-5-11-9-13-14(10-11)8-6-7-12(2,3)4/h9-10H,5-8H2,1-4H3. The van der Waals surface area contributed by atoms with Gasteiger partial charge in [-0.15, -0.1) is 0 Å². The fourth-order valence-electron chi connectivity index (χ4n) is 1.48. The van der Waals surface area contributed by atoms with Crippen molar-refractivity contribution in [3.63, 3.8) is 0 Å². The average molecular weight is 194 g/mol. The highest BCUT2D eigenvalue weighted by molar-refractivity contribution is 5.02. The summed E-state index contributed by atoms with van der Waals surface area (Å²) < 4.78 is 2.06. The van der Waals surface area contributed by atoms with E-state index in [1.54, 1.807) is 0 Å². The van der Waals surface area contributed by atoms with Gasteiger partial charge < -0.3 is 0 Å². The normalized spacial score (nSPS) is 12.0. The predicted octanol–water partition coefficient (Wildman–Crippen LogP) is 3.27. The van der Waals surface area contributed by atoms with Crippen molar-refractivity contribution in [2.75, 3.05) is 0 Å². The Bertz CT molecular complexity index is 268. The van der Waals surface area contributed by atoms with Crippen LogP contribution in [0.15, 0.2) is 12.4 Å². The summed E-state index contributed by atoms with van der Waals surface area (Å²) in [6.07, 6.45) is 7.68. The second-order valence-electron chi connectivity index (χ2n) is 5.13. The van der Waals surface area contributed by atoms with E-state index in [1.165, 1.54) is 18.4 Å². The molecule has 0 fully saturated rings. The van der Waals surface area contributed by atoms with Gasteiger partial charge in [0.2, 0.25) is 0 Å². The third-order valence-corrected chi connectivity index (χ3v) is 2.41. The molecule has 0 unspecified atom stereocenters. The van der Waals surface area contributed by atoms with Crippen LogP contribution in [0.4, 0.5) is 0 Å². The Labute approximate surface area is 87.3 Å². The molecule has 0 aliphatic heterocycles. The summed E-state index contributed by atoms with van der Waals surface area (Å²) in [6, 6.07) is 0. The molecule has 0 radical (unpaired) electrons. The van der Waals surface area contributed by atoms with Gasteiger partial charge in [0.05, 0.1) is 6.20 Å². The highest BCUT2D eigenvalue weighted by Crippen LogP contribution is 2.20. The number of nitrogens with zero attached hydrogens (tertiary/aromatic N) is 2. The van der Waals surface area contributed by atoms with E-state index in [-0.39, 0.29) is 0 Å². The summed E-state index contributed by atoms with van der Waals surface area (Å²) in [5.74, 6) is 0. The van der Waals surface area contributed by atoms with Crippen LogP contribution in [0.3, 0.4) is 0 Å². The Morgan fingerprint density at radius 1 is 1.36 bits per heavy atom. The molecule has 0 aliphatic carbocycles. The fraction of sp³-hybridized carbons (Fsp3) is 0.750. The Morgan fingerprint density at radius 3 is 2.57 bits per heavy atom. The molecule has 0 atom stereocenters. The topological polar surface area (TPSA) is 17.8 Å². The lowest BCUT2D eigenvalue weighted by molar-refractivity contribution is 0.349. The molecular weight excluding hydrogens is 172 g/mol. The molecule has 1 heterocycles. The Balaban J connectivity index is 2.31. The smallest absolute Gasteiger partial charge is 0.0521 e. The number of aryl methyl sites for hydroxylation is 2. The molecule has 0 saturated heterocycles. The van der Waals surface area contributed by atoms with E-state index in [1.807, 2.05) is 6.20 Å². The van der Waals surface area contributed by atoms with Gasteiger partial charge in [-0.25, -0.2) is 0 Å². The van der Waals surface area contributed by atoms with E-state index in [9.17, 15) is 0 Å². The third-order valence-electron chi connectivity index (χ3n) is 2.41. The summed E-state index contributed by atoms with van der Waals surface area (Å²) in [4.78, 5) is 0. The molecule has 2 heteroatoms. The molecule has 1 rings (SSSR count). The van der Waals surface area contributed by atoms with Gasteiger partial charge in [-0.1, -0.05) is 27.7 Å².